The monoisotopic (exact) mass is 309 g/mol. The van der Waals surface area contributed by atoms with E-state index in [2.05, 4.69) is 5.32 Å². The molecule has 0 bridgehead atoms. The lowest BCUT2D eigenvalue weighted by Crippen LogP contribution is -2.23. The van der Waals surface area contributed by atoms with Crippen molar-refractivity contribution in [3.63, 3.8) is 0 Å². The quantitative estimate of drug-likeness (QED) is 0.821. The van der Waals surface area contributed by atoms with Crippen LogP contribution in [0.5, 0.6) is 5.75 Å². The maximum Gasteiger partial charge on any atom is 0.122 e. The molecule has 0 radical (unpaired) electrons. The number of para-hydroxylation sites is 1. The van der Waals surface area contributed by atoms with E-state index in [4.69, 9.17) is 27.9 Å². The first-order valence-electron chi connectivity index (χ1n) is 6.47. The molecule has 1 N–H and O–H groups in total. The van der Waals surface area contributed by atoms with E-state index in [1.165, 1.54) is 0 Å². The second kappa shape index (κ2) is 6.87. The Kier molecular flexibility index (Phi) is 5.16. The van der Waals surface area contributed by atoms with E-state index in [9.17, 15) is 0 Å². The van der Waals surface area contributed by atoms with Gasteiger partial charge in [-0.05, 0) is 43.7 Å². The summed E-state index contributed by atoms with van der Waals surface area (Å²) in [5.74, 6) is 0.906. The molecule has 0 saturated heterocycles. The summed E-state index contributed by atoms with van der Waals surface area (Å²) >= 11 is 12.0. The molecular weight excluding hydrogens is 293 g/mol. The summed E-state index contributed by atoms with van der Waals surface area (Å²) in [5.41, 5.74) is 1.99. The van der Waals surface area contributed by atoms with Gasteiger partial charge in [0, 0.05) is 5.02 Å². The van der Waals surface area contributed by atoms with Crippen LogP contribution >= 0.6 is 23.2 Å². The molecular formula is C16H17Cl2NO. The van der Waals surface area contributed by atoms with Crippen molar-refractivity contribution < 1.29 is 4.74 Å². The third-order valence-corrected chi connectivity index (χ3v) is 3.48. The Hall–Kier alpha value is -1.38. The molecule has 2 aromatic rings. The van der Waals surface area contributed by atoms with Gasteiger partial charge in [0.15, 0.2) is 0 Å². The Morgan fingerprint density at radius 1 is 1.15 bits per heavy atom. The molecule has 0 saturated carbocycles. The zero-order valence-electron chi connectivity index (χ0n) is 11.5. The van der Waals surface area contributed by atoms with Crippen LogP contribution in [0.15, 0.2) is 42.5 Å². The van der Waals surface area contributed by atoms with Gasteiger partial charge in [-0.25, -0.2) is 0 Å². The van der Waals surface area contributed by atoms with Crippen molar-refractivity contribution in [1.29, 1.82) is 0 Å². The fraction of sp³-hybridized carbons (Fsp3) is 0.250. The Bertz CT molecular complexity index is 586. The number of anilines is 1. The van der Waals surface area contributed by atoms with Crippen LogP contribution in [-0.2, 0) is 0 Å². The maximum atomic E-state index is 6.11. The highest BCUT2D eigenvalue weighted by atomic mass is 35.5. The highest BCUT2D eigenvalue weighted by Crippen LogP contribution is 2.25. The molecule has 0 amide bonds. The molecule has 0 aliphatic heterocycles. The average molecular weight is 310 g/mol. The summed E-state index contributed by atoms with van der Waals surface area (Å²) in [5, 5.41) is 4.51. The smallest absolute Gasteiger partial charge is 0.122 e. The maximum absolute atomic E-state index is 6.11. The molecule has 106 valence electrons. The lowest BCUT2D eigenvalue weighted by molar-refractivity contribution is 0.233. The van der Waals surface area contributed by atoms with Gasteiger partial charge in [-0.1, -0.05) is 41.4 Å². The lowest BCUT2D eigenvalue weighted by atomic mass is 10.2. The summed E-state index contributed by atoms with van der Waals surface area (Å²) in [6.45, 7) is 4.71. The minimum absolute atomic E-state index is 0.0304. The predicted molar refractivity (Wildman–Crippen MR) is 86.2 cm³/mol. The Morgan fingerprint density at radius 2 is 1.90 bits per heavy atom. The molecule has 2 aromatic carbocycles. The SMILES string of the molecule is Cc1ccccc1O[C@H](C)CNc1ccc(Cl)cc1Cl. The first-order valence-corrected chi connectivity index (χ1v) is 7.23. The van der Waals surface area contributed by atoms with Gasteiger partial charge in [-0.2, -0.15) is 0 Å². The van der Waals surface area contributed by atoms with Gasteiger partial charge in [0.25, 0.3) is 0 Å². The summed E-state index contributed by atoms with van der Waals surface area (Å²) in [7, 11) is 0. The first kappa shape index (κ1) is 15.0. The van der Waals surface area contributed by atoms with Crippen molar-refractivity contribution in [2.45, 2.75) is 20.0 Å². The Labute approximate surface area is 129 Å². The second-order valence-electron chi connectivity index (χ2n) is 4.70. The molecule has 0 aliphatic rings. The van der Waals surface area contributed by atoms with E-state index in [1.54, 1.807) is 6.07 Å². The topological polar surface area (TPSA) is 21.3 Å². The van der Waals surface area contributed by atoms with Gasteiger partial charge in [-0.3, -0.25) is 0 Å². The van der Waals surface area contributed by atoms with Crippen LogP contribution in [0.3, 0.4) is 0 Å². The highest BCUT2D eigenvalue weighted by Gasteiger charge is 2.07. The molecule has 0 heterocycles. The van der Waals surface area contributed by atoms with Crippen molar-refractivity contribution in [3.05, 3.63) is 58.1 Å². The second-order valence-corrected chi connectivity index (χ2v) is 5.54. The van der Waals surface area contributed by atoms with Crippen molar-refractivity contribution in [3.8, 4) is 5.75 Å². The van der Waals surface area contributed by atoms with Gasteiger partial charge in [-0.15, -0.1) is 0 Å². The van der Waals surface area contributed by atoms with Crippen molar-refractivity contribution in [1.82, 2.24) is 0 Å². The standard InChI is InChI=1S/C16H17Cl2NO/c1-11-5-3-4-6-16(11)20-12(2)10-19-15-8-7-13(17)9-14(15)18/h3-9,12,19H,10H2,1-2H3/t12-/m1/s1. The number of aryl methyl sites for hydroxylation is 1. The van der Waals surface area contributed by atoms with Gasteiger partial charge < -0.3 is 10.1 Å². The van der Waals surface area contributed by atoms with Crippen molar-refractivity contribution >= 4 is 28.9 Å². The van der Waals surface area contributed by atoms with Crippen LogP contribution in [0.2, 0.25) is 10.0 Å². The molecule has 0 aromatic heterocycles. The fourth-order valence-corrected chi connectivity index (χ4v) is 2.31. The third-order valence-electron chi connectivity index (χ3n) is 2.93. The van der Waals surface area contributed by atoms with Crippen molar-refractivity contribution in [2.75, 3.05) is 11.9 Å². The van der Waals surface area contributed by atoms with Crippen LogP contribution in [0.4, 0.5) is 5.69 Å². The summed E-state index contributed by atoms with van der Waals surface area (Å²) in [6.07, 6.45) is 0.0304. The Balaban J connectivity index is 1.92. The third kappa shape index (κ3) is 4.06. The molecule has 1 atom stereocenters. The zero-order valence-corrected chi connectivity index (χ0v) is 13.0. The fourth-order valence-electron chi connectivity index (χ4n) is 1.83. The lowest BCUT2D eigenvalue weighted by Gasteiger charge is -2.18. The van der Waals surface area contributed by atoms with Gasteiger partial charge in [0.2, 0.25) is 0 Å². The number of benzene rings is 2. The van der Waals surface area contributed by atoms with Crippen LogP contribution in [-0.4, -0.2) is 12.6 Å². The van der Waals surface area contributed by atoms with Gasteiger partial charge >= 0.3 is 0 Å². The van der Waals surface area contributed by atoms with Crippen LogP contribution in [0.25, 0.3) is 0 Å². The van der Waals surface area contributed by atoms with Gasteiger partial charge in [0.1, 0.15) is 11.9 Å². The number of rotatable bonds is 5. The largest absolute Gasteiger partial charge is 0.489 e. The van der Waals surface area contributed by atoms with E-state index in [1.807, 2.05) is 50.2 Å². The molecule has 0 aliphatic carbocycles. The van der Waals surface area contributed by atoms with E-state index in [-0.39, 0.29) is 6.10 Å². The number of halogens is 2. The average Bonchev–Trinajstić information content (AvgIpc) is 2.40. The summed E-state index contributed by atoms with van der Waals surface area (Å²) in [6, 6.07) is 13.4. The number of nitrogens with one attached hydrogen (secondary N) is 1. The van der Waals surface area contributed by atoms with E-state index in [0.29, 0.717) is 16.6 Å². The molecule has 0 spiro atoms. The zero-order chi connectivity index (χ0) is 14.5. The number of hydrogen-bond acceptors (Lipinski definition) is 2. The van der Waals surface area contributed by atoms with Crippen LogP contribution < -0.4 is 10.1 Å². The molecule has 0 fully saturated rings. The Morgan fingerprint density at radius 3 is 2.60 bits per heavy atom. The molecule has 4 heteroatoms. The number of hydrogen-bond donors (Lipinski definition) is 1. The summed E-state index contributed by atoms with van der Waals surface area (Å²) in [4.78, 5) is 0. The molecule has 2 rings (SSSR count). The minimum atomic E-state index is 0.0304. The van der Waals surface area contributed by atoms with E-state index < -0.39 is 0 Å². The predicted octanol–water partition coefficient (Wildman–Crippen LogP) is 5.18. The number of ether oxygens (including phenoxy) is 1. The van der Waals surface area contributed by atoms with Crippen LogP contribution in [0.1, 0.15) is 12.5 Å². The summed E-state index contributed by atoms with van der Waals surface area (Å²) < 4.78 is 5.90. The molecule has 0 unspecified atom stereocenters. The minimum Gasteiger partial charge on any atom is -0.489 e. The van der Waals surface area contributed by atoms with E-state index in [0.717, 1.165) is 17.0 Å². The van der Waals surface area contributed by atoms with Crippen molar-refractivity contribution in [2.24, 2.45) is 0 Å². The molecule has 20 heavy (non-hydrogen) atoms. The van der Waals surface area contributed by atoms with Gasteiger partial charge in [0.05, 0.1) is 17.3 Å². The normalized spacial score (nSPS) is 12.0. The first-order chi connectivity index (χ1) is 9.56. The highest BCUT2D eigenvalue weighted by molar-refractivity contribution is 6.36. The van der Waals surface area contributed by atoms with Crippen LogP contribution in [0, 0.1) is 6.92 Å². The van der Waals surface area contributed by atoms with E-state index >= 15 is 0 Å². The molecule has 2 nitrogen and oxygen atoms in total.